The number of carbonyl (C=O) groups excluding carboxylic acids is 2. The van der Waals surface area contributed by atoms with Gasteiger partial charge in [0.2, 0.25) is 11.8 Å². The van der Waals surface area contributed by atoms with Gasteiger partial charge in [0.05, 0.1) is 15.6 Å². The number of sulfonamides is 1. The van der Waals surface area contributed by atoms with Crippen LogP contribution >= 0.6 is 46.4 Å². The van der Waals surface area contributed by atoms with Gasteiger partial charge >= 0.3 is 0 Å². The summed E-state index contributed by atoms with van der Waals surface area (Å²) in [6, 6.07) is 15.8. The molecule has 12 heteroatoms. The summed E-state index contributed by atoms with van der Waals surface area (Å²) in [4.78, 5) is 28.8. The number of halogens is 4. The van der Waals surface area contributed by atoms with Gasteiger partial charge in [-0.05, 0) is 62.2 Å². The van der Waals surface area contributed by atoms with Gasteiger partial charge in [-0.3, -0.25) is 13.9 Å². The zero-order valence-electron chi connectivity index (χ0n) is 22.8. The molecule has 0 saturated carbocycles. The van der Waals surface area contributed by atoms with Gasteiger partial charge < -0.3 is 10.2 Å². The monoisotopic (exact) mass is 657 g/mol. The standard InChI is InChI=1S/C29H31Cl4N3O4S/c1-4-19(3)34-29(38)26(5-2)35(17-22-23(31)12-9-13-24(22)32)28(37)18-36(27-15-14-20(30)16-25(27)33)41(39,40)21-10-7-6-8-11-21/h6-16,19,26H,4-5,17-18H2,1-3H3,(H,34,38). The molecular weight excluding hydrogens is 628 g/mol. The maximum atomic E-state index is 14.2. The number of hydrogen-bond donors (Lipinski definition) is 1. The molecule has 3 rings (SSSR count). The van der Waals surface area contributed by atoms with E-state index in [1.807, 2.05) is 13.8 Å². The molecule has 0 spiro atoms. The van der Waals surface area contributed by atoms with E-state index in [1.54, 1.807) is 43.3 Å². The third-order valence-electron chi connectivity index (χ3n) is 6.57. The molecule has 0 aliphatic rings. The van der Waals surface area contributed by atoms with E-state index in [1.165, 1.54) is 35.2 Å². The third kappa shape index (κ3) is 8.08. The topological polar surface area (TPSA) is 86.8 Å². The van der Waals surface area contributed by atoms with Crippen LogP contribution in [-0.2, 0) is 26.2 Å². The van der Waals surface area contributed by atoms with Crippen LogP contribution in [0.2, 0.25) is 20.1 Å². The lowest BCUT2D eigenvalue weighted by Crippen LogP contribution is -2.53. The Bertz CT molecular complexity index is 1470. The molecule has 41 heavy (non-hydrogen) atoms. The number of carbonyl (C=O) groups is 2. The van der Waals surface area contributed by atoms with E-state index in [4.69, 9.17) is 46.4 Å². The molecule has 3 aromatic rings. The van der Waals surface area contributed by atoms with Crippen LogP contribution in [0.15, 0.2) is 71.6 Å². The first kappa shape index (κ1) is 33.0. The molecule has 1 N–H and O–H groups in total. The SMILES string of the molecule is CCC(C)NC(=O)C(CC)N(Cc1c(Cl)cccc1Cl)C(=O)CN(c1ccc(Cl)cc1Cl)S(=O)(=O)c1ccccc1. The van der Waals surface area contributed by atoms with Crippen LogP contribution in [0.3, 0.4) is 0 Å². The number of nitrogens with zero attached hydrogens (tertiary/aromatic N) is 2. The Morgan fingerprint density at radius 3 is 2.05 bits per heavy atom. The average Bonchev–Trinajstić information content (AvgIpc) is 2.93. The Morgan fingerprint density at radius 1 is 0.854 bits per heavy atom. The summed E-state index contributed by atoms with van der Waals surface area (Å²) in [5.74, 6) is -1.03. The highest BCUT2D eigenvalue weighted by Crippen LogP contribution is 2.33. The number of nitrogens with one attached hydrogen (secondary N) is 1. The van der Waals surface area contributed by atoms with Gasteiger partial charge in [0, 0.05) is 33.2 Å². The smallest absolute Gasteiger partial charge is 0.264 e. The second-order valence-corrected chi connectivity index (χ2v) is 12.9. The van der Waals surface area contributed by atoms with E-state index >= 15 is 0 Å². The Labute approximate surface area is 261 Å². The van der Waals surface area contributed by atoms with E-state index in [0.29, 0.717) is 27.1 Å². The van der Waals surface area contributed by atoms with Crippen LogP contribution in [-0.4, -0.2) is 43.8 Å². The molecule has 0 radical (unpaired) electrons. The molecule has 2 amide bonds. The average molecular weight is 659 g/mol. The van der Waals surface area contributed by atoms with Crippen molar-refractivity contribution in [2.24, 2.45) is 0 Å². The van der Waals surface area contributed by atoms with E-state index in [9.17, 15) is 18.0 Å². The van der Waals surface area contributed by atoms with Crippen molar-refractivity contribution in [3.8, 4) is 0 Å². The van der Waals surface area contributed by atoms with Crippen molar-refractivity contribution < 1.29 is 18.0 Å². The zero-order valence-corrected chi connectivity index (χ0v) is 26.6. The van der Waals surface area contributed by atoms with Crippen LogP contribution in [0.25, 0.3) is 0 Å². The highest BCUT2D eigenvalue weighted by atomic mass is 35.5. The van der Waals surface area contributed by atoms with Crippen molar-refractivity contribution in [2.75, 3.05) is 10.8 Å². The molecule has 220 valence electrons. The molecule has 7 nitrogen and oxygen atoms in total. The van der Waals surface area contributed by atoms with Crippen molar-refractivity contribution in [3.05, 3.63) is 92.4 Å². The van der Waals surface area contributed by atoms with Crippen molar-refractivity contribution >= 4 is 73.9 Å². The predicted molar refractivity (Wildman–Crippen MR) is 166 cm³/mol. The fourth-order valence-electron chi connectivity index (χ4n) is 4.13. The molecule has 0 fully saturated rings. The summed E-state index contributed by atoms with van der Waals surface area (Å²) in [7, 11) is -4.28. The number of amides is 2. The zero-order chi connectivity index (χ0) is 30.3. The van der Waals surface area contributed by atoms with Crippen LogP contribution in [0.5, 0.6) is 0 Å². The summed E-state index contributed by atoms with van der Waals surface area (Å²) in [5.41, 5.74) is 0.488. The molecule has 3 aromatic carbocycles. The van der Waals surface area contributed by atoms with E-state index in [-0.39, 0.29) is 40.5 Å². The molecule has 0 heterocycles. The summed E-state index contributed by atoms with van der Waals surface area (Å²) in [6.45, 7) is 4.77. The minimum atomic E-state index is -4.28. The molecule has 2 unspecified atom stereocenters. The Hall–Kier alpha value is -2.49. The van der Waals surface area contributed by atoms with Crippen molar-refractivity contribution in [3.63, 3.8) is 0 Å². The van der Waals surface area contributed by atoms with Crippen molar-refractivity contribution in [1.82, 2.24) is 10.2 Å². The maximum Gasteiger partial charge on any atom is 0.264 e. The van der Waals surface area contributed by atoms with E-state index in [0.717, 1.165) is 4.31 Å². The van der Waals surface area contributed by atoms with Gasteiger partial charge in [-0.2, -0.15) is 0 Å². The Kier molecular flexibility index (Phi) is 11.8. The van der Waals surface area contributed by atoms with E-state index in [2.05, 4.69) is 5.32 Å². The minimum absolute atomic E-state index is 0.0343. The van der Waals surface area contributed by atoms with Gasteiger partial charge in [0.25, 0.3) is 10.0 Å². The summed E-state index contributed by atoms with van der Waals surface area (Å²) in [6.07, 6.45) is 0.938. The second-order valence-electron chi connectivity index (χ2n) is 9.38. The van der Waals surface area contributed by atoms with Crippen molar-refractivity contribution in [2.45, 2.75) is 57.1 Å². The third-order valence-corrected chi connectivity index (χ3v) is 9.59. The second kappa shape index (κ2) is 14.6. The van der Waals surface area contributed by atoms with Crippen LogP contribution in [0, 0.1) is 0 Å². The van der Waals surface area contributed by atoms with Gasteiger partial charge in [-0.15, -0.1) is 0 Å². The highest BCUT2D eigenvalue weighted by molar-refractivity contribution is 7.92. The molecular formula is C29H31Cl4N3O4S. The molecule has 0 saturated heterocycles. The number of benzene rings is 3. The first-order chi connectivity index (χ1) is 19.4. The van der Waals surface area contributed by atoms with Crippen LogP contribution in [0.4, 0.5) is 5.69 Å². The normalized spacial score (nSPS) is 12.9. The largest absolute Gasteiger partial charge is 0.352 e. The lowest BCUT2D eigenvalue weighted by atomic mass is 10.1. The van der Waals surface area contributed by atoms with Gasteiger partial charge in [-0.1, -0.05) is 84.5 Å². The van der Waals surface area contributed by atoms with E-state index < -0.39 is 28.5 Å². The predicted octanol–water partition coefficient (Wildman–Crippen LogP) is 7.22. The van der Waals surface area contributed by atoms with Crippen molar-refractivity contribution in [1.29, 1.82) is 0 Å². The fourth-order valence-corrected chi connectivity index (χ4v) is 6.66. The number of anilines is 1. The number of rotatable bonds is 12. The molecule has 0 aliphatic heterocycles. The fraction of sp³-hybridized carbons (Fsp3) is 0.310. The molecule has 0 aliphatic carbocycles. The quantitative estimate of drug-likeness (QED) is 0.223. The molecule has 2 atom stereocenters. The minimum Gasteiger partial charge on any atom is -0.352 e. The Balaban J connectivity index is 2.12. The summed E-state index contributed by atoms with van der Waals surface area (Å²) < 4.78 is 28.7. The van der Waals surface area contributed by atoms with Gasteiger partial charge in [0.1, 0.15) is 12.6 Å². The summed E-state index contributed by atoms with van der Waals surface area (Å²) in [5, 5.41) is 3.87. The van der Waals surface area contributed by atoms with Gasteiger partial charge in [-0.25, -0.2) is 8.42 Å². The lowest BCUT2D eigenvalue weighted by Gasteiger charge is -2.34. The van der Waals surface area contributed by atoms with Crippen LogP contribution < -0.4 is 9.62 Å². The summed E-state index contributed by atoms with van der Waals surface area (Å²) >= 11 is 25.4. The van der Waals surface area contributed by atoms with Gasteiger partial charge in [0.15, 0.2) is 0 Å². The maximum absolute atomic E-state index is 14.2. The molecule has 0 bridgehead atoms. The lowest BCUT2D eigenvalue weighted by molar-refractivity contribution is -0.140. The Morgan fingerprint density at radius 2 is 1.49 bits per heavy atom. The highest BCUT2D eigenvalue weighted by Gasteiger charge is 2.35. The van der Waals surface area contributed by atoms with Crippen LogP contribution in [0.1, 0.15) is 39.2 Å². The molecule has 0 aromatic heterocycles. The first-order valence-electron chi connectivity index (χ1n) is 13.0. The number of hydrogen-bond acceptors (Lipinski definition) is 4. The first-order valence-corrected chi connectivity index (χ1v) is 15.9.